The van der Waals surface area contributed by atoms with Crippen LogP contribution >= 0.6 is 0 Å². The van der Waals surface area contributed by atoms with Gasteiger partial charge in [0.1, 0.15) is 11.6 Å². The fourth-order valence-corrected chi connectivity index (χ4v) is 1.71. The number of ether oxygens (including phenoxy) is 2. The van der Waals surface area contributed by atoms with Crippen LogP contribution in [0.25, 0.3) is 11.3 Å². The molecule has 1 aromatic carbocycles. The molecule has 0 saturated heterocycles. The molecular weight excluding hydrogens is 213 g/mol. The summed E-state index contributed by atoms with van der Waals surface area (Å²) in [6, 6.07) is 2.76. The Balaban J connectivity index is 2.20. The maximum absolute atomic E-state index is 13.4. The summed E-state index contributed by atoms with van der Waals surface area (Å²) in [5, 5.41) is 0. The van der Waals surface area contributed by atoms with Crippen LogP contribution in [0.4, 0.5) is 4.39 Å². The Hall–Kier alpha value is -1.88. The first-order valence-electron chi connectivity index (χ1n) is 4.76. The molecule has 0 amide bonds. The van der Waals surface area contributed by atoms with Crippen molar-refractivity contribution in [2.45, 2.75) is 6.61 Å². The van der Waals surface area contributed by atoms with E-state index in [1.807, 2.05) is 0 Å². The summed E-state index contributed by atoms with van der Waals surface area (Å²) in [7, 11) is 0. The maximum atomic E-state index is 13.4. The molecule has 82 valence electrons. The van der Waals surface area contributed by atoms with Crippen LogP contribution in [0.3, 0.4) is 0 Å². The van der Waals surface area contributed by atoms with E-state index in [2.05, 4.69) is 4.98 Å². The quantitative estimate of drug-likeness (QED) is 0.741. The Morgan fingerprint density at radius 3 is 3.06 bits per heavy atom. The van der Waals surface area contributed by atoms with Gasteiger partial charge in [0.15, 0.2) is 18.9 Å². The Kier molecular flexibility index (Phi) is 2.11. The first-order chi connectivity index (χ1) is 7.84. The van der Waals surface area contributed by atoms with Crippen molar-refractivity contribution < 1.29 is 18.3 Å². The Labute approximate surface area is 90.6 Å². The molecular formula is C11H8FNO3. The first-order valence-corrected chi connectivity index (χ1v) is 4.76. The molecule has 2 heterocycles. The van der Waals surface area contributed by atoms with Gasteiger partial charge >= 0.3 is 0 Å². The molecule has 1 aliphatic heterocycles. The summed E-state index contributed by atoms with van der Waals surface area (Å²) < 4.78 is 29.0. The molecule has 0 atom stereocenters. The third-order valence-electron chi connectivity index (χ3n) is 2.37. The molecule has 0 bridgehead atoms. The van der Waals surface area contributed by atoms with Gasteiger partial charge in [0.25, 0.3) is 0 Å². The number of nitrogens with zero attached hydrogens (tertiary/aromatic N) is 1. The van der Waals surface area contributed by atoms with E-state index in [0.29, 0.717) is 29.2 Å². The van der Waals surface area contributed by atoms with Gasteiger partial charge in [-0.25, -0.2) is 9.37 Å². The minimum atomic E-state index is -0.348. The van der Waals surface area contributed by atoms with Crippen molar-refractivity contribution in [1.82, 2.24) is 4.98 Å². The predicted molar refractivity (Wildman–Crippen MR) is 52.2 cm³/mol. The van der Waals surface area contributed by atoms with Crippen molar-refractivity contribution >= 4 is 0 Å². The zero-order valence-electron chi connectivity index (χ0n) is 8.27. The second-order valence-corrected chi connectivity index (χ2v) is 3.42. The molecule has 0 radical (unpaired) electrons. The van der Waals surface area contributed by atoms with Gasteiger partial charge in [-0.2, -0.15) is 0 Å². The van der Waals surface area contributed by atoms with E-state index in [9.17, 15) is 4.39 Å². The second kappa shape index (κ2) is 3.61. The Morgan fingerprint density at radius 2 is 2.25 bits per heavy atom. The molecule has 0 N–H and O–H groups in total. The highest BCUT2D eigenvalue weighted by Gasteiger charge is 2.19. The molecule has 2 aromatic rings. The van der Waals surface area contributed by atoms with Crippen molar-refractivity contribution in [2.75, 3.05) is 6.79 Å². The van der Waals surface area contributed by atoms with E-state index in [0.717, 1.165) is 0 Å². The number of oxazole rings is 1. The van der Waals surface area contributed by atoms with Gasteiger partial charge in [0.05, 0.1) is 18.4 Å². The second-order valence-electron chi connectivity index (χ2n) is 3.42. The number of hydrogen-bond acceptors (Lipinski definition) is 4. The number of halogens is 1. The average molecular weight is 221 g/mol. The lowest BCUT2D eigenvalue weighted by molar-refractivity contribution is -0.0162. The van der Waals surface area contributed by atoms with Crippen LogP contribution < -0.4 is 4.74 Å². The summed E-state index contributed by atoms with van der Waals surface area (Å²) in [5.74, 6) is 0.737. The van der Waals surface area contributed by atoms with Crippen LogP contribution in [0.1, 0.15) is 5.56 Å². The SMILES string of the molecule is Fc1cc2c(c(-c3cnco3)c1)OCOC2. The third kappa shape index (κ3) is 1.45. The summed E-state index contributed by atoms with van der Waals surface area (Å²) >= 11 is 0. The van der Waals surface area contributed by atoms with Gasteiger partial charge in [-0.15, -0.1) is 0 Å². The van der Waals surface area contributed by atoms with E-state index in [-0.39, 0.29) is 12.6 Å². The normalized spacial score (nSPS) is 14.3. The highest BCUT2D eigenvalue weighted by atomic mass is 19.1. The smallest absolute Gasteiger partial charge is 0.189 e. The van der Waals surface area contributed by atoms with E-state index in [1.165, 1.54) is 24.7 Å². The summed E-state index contributed by atoms with van der Waals surface area (Å²) in [5.41, 5.74) is 1.24. The lowest BCUT2D eigenvalue weighted by Crippen LogP contribution is -2.12. The van der Waals surface area contributed by atoms with Crippen molar-refractivity contribution in [2.24, 2.45) is 0 Å². The Bertz CT molecular complexity index is 510. The molecule has 1 aliphatic rings. The first kappa shape index (κ1) is 9.35. The van der Waals surface area contributed by atoms with Gasteiger partial charge in [0, 0.05) is 5.56 Å². The summed E-state index contributed by atoms with van der Waals surface area (Å²) in [4.78, 5) is 3.80. The lowest BCUT2D eigenvalue weighted by Gasteiger charge is -2.19. The molecule has 5 heteroatoms. The maximum Gasteiger partial charge on any atom is 0.189 e. The molecule has 4 nitrogen and oxygen atoms in total. The van der Waals surface area contributed by atoms with Gasteiger partial charge < -0.3 is 13.9 Å². The van der Waals surface area contributed by atoms with Crippen molar-refractivity contribution in [1.29, 1.82) is 0 Å². The topological polar surface area (TPSA) is 44.5 Å². The van der Waals surface area contributed by atoms with Gasteiger partial charge in [-0.3, -0.25) is 0 Å². The number of hydrogen-bond donors (Lipinski definition) is 0. The fraction of sp³-hybridized carbons (Fsp3) is 0.182. The van der Waals surface area contributed by atoms with Crippen LogP contribution in [0, 0.1) is 5.82 Å². The van der Waals surface area contributed by atoms with Crippen LogP contribution in [-0.2, 0) is 11.3 Å². The largest absolute Gasteiger partial charge is 0.466 e. The fourth-order valence-electron chi connectivity index (χ4n) is 1.71. The average Bonchev–Trinajstić information content (AvgIpc) is 2.81. The molecule has 0 saturated carbocycles. The third-order valence-corrected chi connectivity index (χ3v) is 2.37. The number of benzene rings is 1. The number of fused-ring (bicyclic) bond motifs is 1. The highest BCUT2D eigenvalue weighted by molar-refractivity contribution is 5.67. The minimum Gasteiger partial charge on any atom is -0.466 e. The van der Waals surface area contributed by atoms with Crippen LogP contribution in [0.5, 0.6) is 5.75 Å². The predicted octanol–water partition coefficient (Wildman–Crippen LogP) is 2.35. The number of aromatic nitrogens is 1. The van der Waals surface area contributed by atoms with Crippen molar-refractivity contribution in [3.05, 3.63) is 36.1 Å². The van der Waals surface area contributed by atoms with Crippen molar-refractivity contribution in [3.8, 4) is 17.1 Å². The zero-order valence-corrected chi connectivity index (χ0v) is 8.27. The highest BCUT2D eigenvalue weighted by Crippen LogP contribution is 2.36. The van der Waals surface area contributed by atoms with Crippen LogP contribution in [-0.4, -0.2) is 11.8 Å². The molecule has 0 fully saturated rings. The summed E-state index contributed by atoms with van der Waals surface area (Å²) in [6.45, 7) is 0.508. The molecule has 1 aromatic heterocycles. The zero-order chi connectivity index (χ0) is 11.0. The summed E-state index contributed by atoms with van der Waals surface area (Å²) in [6.07, 6.45) is 2.82. The van der Waals surface area contributed by atoms with Gasteiger partial charge in [-0.1, -0.05) is 0 Å². The van der Waals surface area contributed by atoms with E-state index in [4.69, 9.17) is 13.9 Å². The molecule has 0 unspecified atom stereocenters. The molecule has 0 aliphatic carbocycles. The van der Waals surface area contributed by atoms with Gasteiger partial charge in [-0.05, 0) is 12.1 Å². The van der Waals surface area contributed by atoms with Gasteiger partial charge in [0.2, 0.25) is 0 Å². The van der Waals surface area contributed by atoms with E-state index < -0.39 is 0 Å². The van der Waals surface area contributed by atoms with Crippen molar-refractivity contribution in [3.63, 3.8) is 0 Å². The van der Waals surface area contributed by atoms with E-state index in [1.54, 1.807) is 0 Å². The molecule has 16 heavy (non-hydrogen) atoms. The number of rotatable bonds is 1. The molecule has 3 rings (SSSR count). The molecule has 0 spiro atoms. The standard InChI is InChI=1S/C11H8FNO3/c12-8-1-7-4-14-6-16-11(7)9(2-8)10-3-13-5-15-10/h1-3,5H,4,6H2. The van der Waals surface area contributed by atoms with E-state index >= 15 is 0 Å². The van der Waals surface area contributed by atoms with Crippen LogP contribution in [0.15, 0.2) is 29.1 Å². The minimum absolute atomic E-state index is 0.166. The van der Waals surface area contributed by atoms with Crippen LogP contribution in [0.2, 0.25) is 0 Å². The monoisotopic (exact) mass is 221 g/mol. The Morgan fingerprint density at radius 1 is 1.31 bits per heavy atom. The lowest BCUT2D eigenvalue weighted by atomic mass is 10.1.